The Labute approximate surface area is 209 Å². The summed E-state index contributed by atoms with van der Waals surface area (Å²) >= 11 is 5.97. The molecule has 0 aliphatic rings. The van der Waals surface area contributed by atoms with Gasteiger partial charge in [-0.2, -0.15) is 5.26 Å². The number of nitrogens with zero attached hydrogens (tertiary/aromatic N) is 1. The Morgan fingerprint density at radius 3 is 2.54 bits per heavy atom. The molecule has 4 aromatic rings. The fourth-order valence-electron chi connectivity index (χ4n) is 3.57. The third-order valence-corrected chi connectivity index (χ3v) is 5.47. The molecule has 5 nitrogen and oxygen atoms in total. The number of benzene rings is 4. The van der Waals surface area contributed by atoms with Crippen LogP contribution < -0.4 is 14.8 Å². The molecule has 0 bridgehead atoms. The summed E-state index contributed by atoms with van der Waals surface area (Å²) in [4.78, 5) is 12.6. The average Bonchev–Trinajstić information content (AvgIpc) is 2.86. The molecule has 35 heavy (non-hydrogen) atoms. The molecule has 1 N–H and O–H groups in total. The van der Waals surface area contributed by atoms with Crippen molar-refractivity contribution in [3.63, 3.8) is 0 Å². The van der Waals surface area contributed by atoms with E-state index in [1.165, 1.54) is 11.5 Å². The van der Waals surface area contributed by atoms with Gasteiger partial charge in [-0.05, 0) is 71.3 Å². The highest BCUT2D eigenvalue weighted by Gasteiger charge is 2.12. The molecule has 1 amide bonds. The fourth-order valence-corrected chi connectivity index (χ4v) is 3.76. The number of fused-ring (bicyclic) bond motifs is 1. The minimum Gasteiger partial charge on any atom is -0.490 e. The summed E-state index contributed by atoms with van der Waals surface area (Å²) in [7, 11) is 0. The van der Waals surface area contributed by atoms with Gasteiger partial charge >= 0.3 is 0 Å². The number of halogens is 1. The zero-order valence-corrected chi connectivity index (χ0v) is 19.9. The van der Waals surface area contributed by atoms with Gasteiger partial charge in [-0.25, -0.2) is 0 Å². The highest BCUT2D eigenvalue weighted by atomic mass is 35.5. The molecular weight excluding hydrogens is 460 g/mol. The largest absolute Gasteiger partial charge is 0.490 e. The van der Waals surface area contributed by atoms with E-state index < -0.39 is 5.91 Å². The van der Waals surface area contributed by atoms with Crippen LogP contribution >= 0.6 is 11.6 Å². The highest BCUT2D eigenvalue weighted by molar-refractivity contribution is 6.31. The van der Waals surface area contributed by atoms with Crippen LogP contribution in [0.3, 0.4) is 0 Å². The fraction of sp³-hybridized carbons (Fsp3) is 0.103. The molecular formula is C29H23ClN2O3. The van der Waals surface area contributed by atoms with Crippen molar-refractivity contribution in [3.8, 4) is 17.6 Å². The van der Waals surface area contributed by atoms with Crippen molar-refractivity contribution in [1.29, 1.82) is 5.26 Å². The predicted octanol–water partition coefficient (Wildman–Crippen LogP) is 7.02. The van der Waals surface area contributed by atoms with E-state index >= 15 is 0 Å². The summed E-state index contributed by atoms with van der Waals surface area (Å²) in [5.41, 5.74) is 2.15. The number of nitrogens with one attached hydrogen (secondary N) is 1. The van der Waals surface area contributed by atoms with E-state index in [-0.39, 0.29) is 5.57 Å². The second kappa shape index (κ2) is 11.2. The zero-order chi connectivity index (χ0) is 24.6. The van der Waals surface area contributed by atoms with E-state index in [0.29, 0.717) is 41.0 Å². The number of nitriles is 1. The van der Waals surface area contributed by atoms with Crippen LogP contribution in [-0.4, -0.2) is 12.5 Å². The molecule has 0 aromatic heterocycles. The first kappa shape index (κ1) is 23.9. The molecule has 0 radical (unpaired) electrons. The van der Waals surface area contributed by atoms with E-state index in [1.54, 1.807) is 42.5 Å². The van der Waals surface area contributed by atoms with Crippen molar-refractivity contribution in [2.45, 2.75) is 13.5 Å². The third-order valence-electron chi connectivity index (χ3n) is 5.23. The molecule has 0 saturated carbocycles. The zero-order valence-electron chi connectivity index (χ0n) is 19.1. The molecule has 0 atom stereocenters. The van der Waals surface area contributed by atoms with Crippen molar-refractivity contribution in [1.82, 2.24) is 0 Å². The summed E-state index contributed by atoms with van der Waals surface area (Å²) < 4.78 is 11.8. The van der Waals surface area contributed by atoms with E-state index in [0.717, 1.165) is 10.9 Å². The Hall–Kier alpha value is -4.27. The predicted molar refractivity (Wildman–Crippen MR) is 140 cm³/mol. The van der Waals surface area contributed by atoms with E-state index in [9.17, 15) is 10.1 Å². The first-order chi connectivity index (χ1) is 17.1. The van der Waals surface area contributed by atoms with Gasteiger partial charge in [0.1, 0.15) is 18.2 Å². The summed E-state index contributed by atoms with van der Waals surface area (Å²) in [6.07, 6.45) is 1.51. The summed E-state index contributed by atoms with van der Waals surface area (Å²) in [5, 5.41) is 15.0. The summed E-state index contributed by atoms with van der Waals surface area (Å²) in [5.74, 6) is 0.595. The standard InChI is InChI=1S/C29H23ClN2O3/c1-2-34-28-16-20(14-24(18-31)29(33)32-26-9-5-8-25(30)17-26)11-13-27(28)35-19-21-10-12-22-6-3-4-7-23(22)15-21/h3-17H,2,19H2,1H3,(H,32,33)/b24-14+. The number of hydrogen-bond acceptors (Lipinski definition) is 4. The van der Waals surface area contributed by atoms with Crippen molar-refractivity contribution in [3.05, 3.63) is 107 Å². The lowest BCUT2D eigenvalue weighted by atomic mass is 10.1. The van der Waals surface area contributed by atoms with Gasteiger partial charge < -0.3 is 14.8 Å². The summed E-state index contributed by atoms with van der Waals surface area (Å²) in [6.45, 7) is 2.71. The smallest absolute Gasteiger partial charge is 0.266 e. The topological polar surface area (TPSA) is 71.3 Å². The second-order valence-electron chi connectivity index (χ2n) is 7.74. The molecule has 4 aromatic carbocycles. The normalized spacial score (nSPS) is 11.1. The minimum atomic E-state index is -0.524. The van der Waals surface area contributed by atoms with Gasteiger partial charge in [-0.15, -0.1) is 0 Å². The van der Waals surface area contributed by atoms with Crippen LogP contribution in [0.1, 0.15) is 18.1 Å². The Balaban J connectivity index is 1.51. The van der Waals surface area contributed by atoms with E-state index in [2.05, 4.69) is 29.6 Å². The third kappa shape index (κ3) is 6.20. The van der Waals surface area contributed by atoms with Gasteiger partial charge in [0, 0.05) is 10.7 Å². The molecule has 4 rings (SSSR count). The molecule has 0 aliphatic carbocycles. The van der Waals surface area contributed by atoms with E-state index in [4.69, 9.17) is 21.1 Å². The number of ether oxygens (including phenoxy) is 2. The van der Waals surface area contributed by atoms with Gasteiger partial charge in [0.25, 0.3) is 5.91 Å². The summed E-state index contributed by atoms with van der Waals surface area (Å²) in [6, 6.07) is 28.4. The van der Waals surface area contributed by atoms with Crippen LogP contribution in [-0.2, 0) is 11.4 Å². The number of rotatable bonds is 8. The molecule has 0 fully saturated rings. The van der Waals surface area contributed by atoms with Crippen LogP contribution in [0.25, 0.3) is 16.8 Å². The van der Waals surface area contributed by atoms with Gasteiger partial charge in [-0.3, -0.25) is 4.79 Å². The number of anilines is 1. The number of carbonyl (C=O) groups excluding carboxylic acids is 1. The molecule has 0 unspecified atom stereocenters. The van der Waals surface area contributed by atoms with Crippen molar-refractivity contribution in [2.24, 2.45) is 0 Å². The van der Waals surface area contributed by atoms with Gasteiger partial charge in [-0.1, -0.05) is 60.1 Å². The van der Waals surface area contributed by atoms with Crippen molar-refractivity contribution in [2.75, 3.05) is 11.9 Å². The molecule has 0 spiro atoms. The molecule has 6 heteroatoms. The minimum absolute atomic E-state index is 0.0442. The van der Waals surface area contributed by atoms with Crippen LogP contribution in [0.15, 0.2) is 90.5 Å². The van der Waals surface area contributed by atoms with Crippen LogP contribution in [0.5, 0.6) is 11.5 Å². The molecule has 0 aliphatic heterocycles. The average molecular weight is 483 g/mol. The lowest BCUT2D eigenvalue weighted by Gasteiger charge is -2.13. The lowest BCUT2D eigenvalue weighted by molar-refractivity contribution is -0.112. The van der Waals surface area contributed by atoms with Crippen molar-refractivity contribution >= 4 is 40.0 Å². The maximum absolute atomic E-state index is 12.6. The van der Waals surface area contributed by atoms with Crippen molar-refractivity contribution < 1.29 is 14.3 Å². The number of amides is 1. The first-order valence-corrected chi connectivity index (χ1v) is 11.5. The van der Waals surface area contributed by atoms with Gasteiger partial charge in [0.2, 0.25) is 0 Å². The maximum atomic E-state index is 12.6. The lowest BCUT2D eigenvalue weighted by Crippen LogP contribution is -2.13. The van der Waals surface area contributed by atoms with Crippen LogP contribution in [0.2, 0.25) is 5.02 Å². The van der Waals surface area contributed by atoms with Crippen LogP contribution in [0.4, 0.5) is 5.69 Å². The quantitative estimate of drug-likeness (QED) is 0.216. The highest BCUT2D eigenvalue weighted by Crippen LogP contribution is 2.30. The monoisotopic (exact) mass is 482 g/mol. The molecule has 0 heterocycles. The maximum Gasteiger partial charge on any atom is 0.266 e. The Morgan fingerprint density at radius 1 is 0.943 bits per heavy atom. The number of carbonyl (C=O) groups is 1. The van der Waals surface area contributed by atoms with Gasteiger partial charge in [0.05, 0.1) is 6.61 Å². The molecule has 174 valence electrons. The van der Waals surface area contributed by atoms with Crippen LogP contribution in [0, 0.1) is 11.3 Å². The SMILES string of the molecule is CCOc1cc(/C=C(\C#N)C(=O)Nc2cccc(Cl)c2)ccc1OCc1ccc2ccccc2c1. The Bertz CT molecular complexity index is 1440. The second-order valence-corrected chi connectivity index (χ2v) is 8.18. The molecule has 0 saturated heterocycles. The Kier molecular flexibility index (Phi) is 7.67. The van der Waals surface area contributed by atoms with E-state index in [1.807, 2.05) is 31.2 Å². The number of hydrogen-bond donors (Lipinski definition) is 1. The van der Waals surface area contributed by atoms with Gasteiger partial charge in [0.15, 0.2) is 11.5 Å². The first-order valence-electron chi connectivity index (χ1n) is 11.1. The Morgan fingerprint density at radius 2 is 1.77 bits per heavy atom.